The topological polar surface area (TPSA) is 40.5 Å². The first-order valence-corrected chi connectivity index (χ1v) is 8.11. The van der Waals surface area contributed by atoms with E-state index in [1.165, 1.54) is 11.1 Å². The van der Waals surface area contributed by atoms with Gasteiger partial charge in [-0.25, -0.2) is 0 Å². The monoisotopic (exact) mass is 298 g/mol. The molecule has 118 valence electrons. The molecule has 0 aliphatic carbocycles. The van der Waals surface area contributed by atoms with E-state index in [4.69, 9.17) is 0 Å². The number of hydrogen-bond donors (Lipinski definition) is 2. The lowest BCUT2D eigenvalue weighted by molar-refractivity contribution is 0.0453. The minimum absolute atomic E-state index is 0.0672. The van der Waals surface area contributed by atoms with E-state index in [1.807, 2.05) is 43.3 Å². The summed E-state index contributed by atoms with van der Waals surface area (Å²) in [5, 5.41) is 20.3. The molecule has 22 heavy (non-hydrogen) atoms. The minimum atomic E-state index is -0.388. The molecule has 0 aliphatic heterocycles. The second kappa shape index (κ2) is 8.72. The first-order chi connectivity index (χ1) is 10.7. The van der Waals surface area contributed by atoms with E-state index in [0.29, 0.717) is 6.42 Å². The lowest BCUT2D eigenvalue weighted by Gasteiger charge is -2.30. The van der Waals surface area contributed by atoms with Gasteiger partial charge in [0.1, 0.15) is 0 Å². The Morgan fingerprint density at radius 3 is 1.77 bits per heavy atom. The van der Waals surface area contributed by atoms with E-state index in [1.54, 1.807) is 0 Å². The Balaban J connectivity index is 2.14. The molecule has 3 unspecified atom stereocenters. The minimum Gasteiger partial charge on any atom is -0.396 e. The predicted molar refractivity (Wildman–Crippen MR) is 90.7 cm³/mol. The molecule has 0 amide bonds. The summed E-state index contributed by atoms with van der Waals surface area (Å²) in [6, 6.07) is 20.4. The van der Waals surface area contributed by atoms with Gasteiger partial charge in [-0.3, -0.25) is 0 Å². The van der Waals surface area contributed by atoms with Gasteiger partial charge < -0.3 is 10.2 Å². The van der Waals surface area contributed by atoms with Gasteiger partial charge in [-0.15, -0.1) is 0 Å². The van der Waals surface area contributed by atoms with Crippen molar-refractivity contribution in [1.82, 2.24) is 0 Å². The molecule has 0 saturated heterocycles. The molecule has 2 nitrogen and oxygen atoms in total. The molecule has 2 N–H and O–H groups in total. The van der Waals surface area contributed by atoms with E-state index >= 15 is 0 Å². The summed E-state index contributed by atoms with van der Waals surface area (Å²) in [6.07, 6.45) is 1.92. The van der Waals surface area contributed by atoms with Crippen LogP contribution in [0.25, 0.3) is 0 Å². The van der Waals surface area contributed by atoms with Crippen LogP contribution in [0.15, 0.2) is 60.7 Å². The van der Waals surface area contributed by atoms with Crippen molar-refractivity contribution in [2.75, 3.05) is 6.61 Å². The molecule has 0 heterocycles. The Labute approximate surface area is 133 Å². The molecule has 0 aromatic heterocycles. The second-order valence-electron chi connectivity index (χ2n) is 5.96. The molecule has 0 bridgehead atoms. The fourth-order valence-electron chi connectivity index (χ4n) is 3.07. The summed E-state index contributed by atoms with van der Waals surface area (Å²) < 4.78 is 0. The Hall–Kier alpha value is -1.64. The zero-order chi connectivity index (χ0) is 15.8. The van der Waals surface area contributed by atoms with Gasteiger partial charge in [-0.1, -0.05) is 67.6 Å². The largest absolute Gasteiger partial charge is 0.396 e. The van der Waals surface area contributed by atoms with Crippen molar-refractivity contribution in [1.29, 1.82) is 0 Å². The van der Waals surface area contributed by atoms with E-state index in [9.17, 15) is 10.2 Å². The fourth-order valence-corrected chi connectivity index (χ4v) is 3.07. The Morgan fingerprint density at radius 1 is 0.818 bits per heavy atom. The third kappa shape index (κ3) is 4.69. The van der Waals surface area contributed by atoms with E-state index < -0.39 is 0 Å². The third-order valence-electron chi connectivity index (χ3n) is 4.41. The van der Waals surface area contributed by atoms with Crippen molar-refractivity contribution in [2.24, 2.45) is 11.8 Å². The molecule has 0 radical (unpaired) electrons. The zero-order valence-corrected chi connectivity index (χ0v) is 13.2. The van der Waals surface area contributed by atoms with Crippen LogP contribution in [0, 0.1) is 11.8 Å². The molecule has 3 atom stereocenters. The van der Waals surface area contributed by atoms with E-state index in [0.717, 1.165) is 12.8 Å². The highest BCUT2D eigenvalue weighted by Gasteiger charge is 2.27. The Morgan fingerprint density at radius 2 is 1.32 bits per heavy atom. The van der Waals surface area contributed by atoms with Gasteiger partial charge >= 0.3 is 0 Å². The predicted octanol–water partition coefficient (Wildman–Crippen LogP) is 3.47. The first kappa shape index (κ1) is 16.7. The van der Waals surface area contributed by atoms with Crippen molar-refractivity contribution < 1.29 is 10.2 Å². The quantitative estimate of drug-likeness (QED) is 0.783. The van der Waals surface area contributed by atoms with Crippen molar-refractivity contribution in [2.45, 2.75) is 32.3 Å². The maximum atomic E-state index is 10.4. The third-order valence-corrected chi connectivity index (χ3v) is 4.41. The summed E-state index contributed by atoms with van der Waals surface area (Å²) in [6.45, 7) is 2.10. The van der Waals surface area contributed by atoms with Gasteiger partial charge in [-0.05, 0) is 42.2 Å². The normalized spacial score (nSPS) is 15.2. The van der Waals surface area contributed by atoms with Gasteiger partial charge in [0, 0.05) is 6.61 Å². The SMILES string of the molecule is CCC(O)C(Cc1ccccc1)C(CO)Cc1ccccc1. The van der Waals surface area contributed by atoms with Crippen LogP contribution in [0.2, 0.25) is 0 Å². The summed E-state index contributed by atoms with van der Waals surface area (Å²) in [5.74, 6) is 0.134. The van der Waals surface area contributed by atoms with Crippen LogP contribution in [0.3, 0.4) is 0 Å². The average Bonchev–Trinajstić information content (AvgIpc) is 2.59. The number of rotatable bonds is 8. The van der Waals surface area contributed by atoms with Gasteiger partial charge in [0.05, 0.1) is 6.10 Å². The van der Waals surface area contributed by atoms with Crippen LogP contribution < -0.4 is 0 Å². The van der Waals surface area contributed by atoms with E-state index in [2.05, 4.69) is 24.3 Å². The smallest absolute Gasteiger partial charge is 0.0572 e. The maximum Gasteiger partial charge on any atom is 0.0572 e. The first-order valence-electron chi connectivity index (χ1n) is 8.11. The summed E-state index contributed by atoms with van der Waals surface area (Å²) in [7, 11) is 0. The average molecular weight is 298 g/mol. The van der Waals surface area contributed by atoms with Gasteiger partial charge in [0.15, 0.2) is 0 Å². The number of hydrogen-bond acceptors (Lipinski definition) is 2. The highest BCUT2D eigenvalue weighted by atomic mass is 16.3. The molecule has 0 fully saturated rings. The fraction of sp³-hybridized carbons (Fsp3) is 0.400. The number of aliphatic hydroxyl groups is 2. The lowest BCUT2D eigenvalue weighted by Crippen LogP contribution is -2.33. The van der Waals surface area contributed by atoms with Crippen LogP contribution in [0.1, 0.15) is 24.5 Å². The molecule has 2 aromatic carbocycles. The lowest BCUT2D eigenvalue weighted by atomic mass is 9.79. The van der Waals surface area contributed by atoms with Crippen LogP contribution in [0.4, 0.5) is 0 Å². The maximum absolute atomic E-state index is 10.4. The van der Waals surface area contributed by atoms with Gasteiger partial charge in [0.2, 0.25) is 0 Å². The van der Waals surface area contributed by atoms with Gasteiger partial charge in [-0.2, -0.15) is 0 Å². The Bertz CT molecular complexity index is 524. The van der Waals surface area contributed by atoms with Crippen LogP contribution in [-0.2, 0) is 12.8 Å². The van der Waals surface area contributed by atoms with Crippen LogP contribution in [0.5, 0.6) is 0 Å². The molecule has 2 aromatic rings. The van der Waals surface area contributed by atoms with Crippen LogP contribution in [-0.4, -0.2) is 22.9 Å². The summed E-state index contributed by atoms with van der Waals surface area (Å²) >= 11 is 0. The van der Waals surface area contributed by atoms with Crippen molar-refractivity contribution in [3.63, 3.8) is 0 Å². The van der Waals surface area contributed by atoms with Crippen molar-refractivity contribution in [3.05, 3.63) is 71.8 Å². The Kier molecular flexibility index (Phi) is 6.63. The summed E-state index contributed by atoms with van der Waals surface area (Å²) in [4.78, 5) is 0. The second-order valence-corrected chi connectivity index (χ2v) is 5.96. The van der Waals surface area contributed by atoms with E-state index in [-0.39, 0.29) is 24.5 Å². The molecule has 2 heteroatoms. The molecular weight excluding hydrogens is 272 g/mol. The molecule has 2 rings (SSSR count). The van der Waals surface area contributed by atoms with Gasteiger partial charge in [0.25, 0.3) is 0 Å². The number of aliphatic hydroxyl groups excluding tert-OH is 2. The van der Waals surface area contributed by atoms with Crippen molar-refractivity contribution in [3.8, 4) is 0 Å². The number of benzene rings is 2. The zero-order valence-electron chi connectivity index (χ0n) is 13.2. The molecular formula is C20H26O2. The molecule has 0 aliphatic rings. The standard InChI is InChI=1S/C20H26O2/c1-2-20(22)19(14-17-11-7-4-8-12-17)18(15-21)13-16-9-5-3-6-10-16/h3-12,18-22H,2,13-15H2,1H3. The molecule has 0 saturated carbocycles. The highest BCUT2D eigenvalue weighted by molar-refractivity contribution is 5.18. The summed E-state index contributed by atoms with van der Waals surface area (Å²) in [5.41, 5.74) is 2.43. The molecule has 0 spiro atoms. The highest BCUT2D eigenvalue weighted by Crippen LogP contribution is 2.26. The van der Waals surface area contributed by atoms with Crippen molar-refractivity contribution >= 4 is 0 Å². The van der Waals surface area contributed by atoms with Crippen LogP contribution >= 0.6 is 0 Å².